The van der Waals surface area contributed by atoms with Crippen molar-refractivity contribution in [1.82, 2.24) is 0 Å². The summed E-state index contributed by atoms with van der Waals surface area (Å²) in [6, 6.07) is 25.5. The largest absolute Gasteiger partial charge is 0.462 e. The third-order valence-corrected chi connectivity index (χ3v) is 7.10. The number of carbonyl (C=O) groups is 2. The lowest BCUT2D eigenvalue weighted by atomic mass is 9.79. The highest BCUT2D eigenvalue weighted by molar-refractivity contribution is 5.97. The second-order valence-electron chi connectivity index (χ2n) is 8.93. The summed E-state index contributed by atoms with van der Waals surface area (Å²) in [5.74, 6) is 1.11. The molecule has 1 heterocycles. The van der Waals surface area contributed by atoms with Crippen LogP contribution in [0.4, 0.5) is 5.69 Å². The fourth-order valence-corrected chi connectivity index (χ4v) is 5.68. The maximum absolute atomic E-state index is 12.9. The number of nitrogens with one attached hydrogen (secondary N) is 1. The molecule has 0 spiro atoms. The van der Waals surface area contributed by atoms with Gasteiger partial charge in [-0.05, 0) is 66.3 Å². The third kappa shape index (κ3) is 3.25. The van der Waals surface area contributed by atoms with Crippen molar-refractivity contribution in [3.05, 3.63) is 78.9 Å². The van der Waals surface area contributed by atoms with Crippen molar-refractivity contribution < 1.29 is 19.1 Å². The first-order chi connectivity index (χ1) is 15.7. The van der Waals surface area contributed by atoms with Gasteiger partial charge in [0.15, 0.2) is 0 Å². The van der Waals surface area contributed by atoms with Gasteiger partial charge in [0.1, 0.15) is 17.6 Å². The number of anilines is 1. The highest BCUT2D eigenvalue weighted by atomic mass is 16.6. The van der Waals surface area contributed by atoms with E-state index in [0.717, 1.165) is 29.7 Å². The van der Waals surface area contributed by atoms with Crippen molar-refractivity contribution in [2.45, 2.75) is 18.9 Å². The summed E-state index contributed by atoms with van der Waals surface area (Å²) in [5.41, 5.74) is 3.00. The van der Waals surface area contributed by atoms with Gasteiger partial charge in [-0.15, -0.1) is 0 Å². The minimum Gasteiger partial charge on any atom is -0.462 e. The number of ether oxygens (including phenoxy) is 2. The quantitative estimate of drug-likeness (QED) is 0.565. The molecule has 1 N–H and O–H groups in total. The highest BCUT2D eigenvalue weighted by Crippen LogP contribution is 2.57. The molecule has 1 saturated heterocycles. The number of hydrogen-bond acceptors (Lipinski definition) is 4. The van der Waals surface area contributed by atoms with Gasteiger partial charge in [0.05, 0.1) is 11.8 Å². The van der Waals surface area contributed by atoms with Gasteiger partial charge in [-0.2, -0.15) is 0 Å². The molecule has 2 bridgehead atoms. The average Bonchev–Trinajstić information content (AvgIpc) is 3.45. The zero-order valence-electron chi connectivity index (χ0n) is 17.4. The van der Waals surface area contributed by atoms with Gasteiger partial charge < -0.3 is 14.8 Å². The fraction of sp³-hybridized carbons (Fsp3) is 0.259. The molecule has 5 heteroatoms. The molecule has 0 radical (unpaired) electrons. The van der Waals surface area contributed by atoms with E-state index >= 15 is 0 Å². The van der Waals surface area contributed by atoms with Crippen LogP contribution in [0.3, 0.4) is 0 Å². The molecular formula is C27H23NO4. The van der Waals surface area contributed by atoms with Crippen LogP contribution in [0.5, 0.6) is 11.5 Å². The maximum atomic E-state index is 12.9. The SMILES string of the molecule is O=C(Nc1ccc(Oc2ccc(-c3ccccc3)cc2)cc1)[C@@H]1[C@@H]2C[C@@H]3[C@H]1C(=O)O[C@H]3C2. The zero-order chi connectivity index (χ0) is 21.7. The zero-order valence-corrected chi connectivity index (χ0v) is 17.4. The molecule has 0 aromatic heterocycles. The molecule has 2 saturated carbocycles. The van der Waals surface area contributed by atoms with E-state index in [1.54, 1.807) is 0 Å². The van der Waals surface area contributed by atoms with Gasteiger partial charge in [0, 0.05) is 11.6 Å². The molecule has 3 fully saturated rings. The highest BCUT2D eigenvalue weighted by Gasteiger charge is 2.63. The van der Waals surface area contributed by atoms with Crippen LogP contribution in [0.1, 0.15) is 12.8 Å². The van der Waals surface area contributed by atoms with Crippen molar-refractivity contribution in [2.24, 2.45) is 23.7 Å². The maximum Gasteiger partial charge on any atom is 0.310 e. The van der Waals surface area contributed by atoms with Crippen LogP contribution >= 0.6 is 0 Å². The minimum atomic E-state index is -0.273. The smallest absolute Gasteiger partial charge is 0.310 e. The van der Waals surface area contributed by atoms with Crippen molar-refractivity contribution in [1.29, 1.82) is 0 Å². The number of carbonyl (C=O) groups excluding carboxylic acids is 2. The number of fused-ring (bicyclic) bond motifs is 1. The van der Waals surface area contributed by atoms with E-state index in [1.165, 1.54) is 0 Å². The molecule has 3 aromatic carbocycles. The predicted molar refractivity (Wildman–Crippen MR) is 120 cm³/mol. The summed E-state index contributed by atoms with van der Waals surface area (Å²) in [4.78, 5) is 25.1. The molecule has 160 valence electrons. The lowest BCUT2D eigenvalue weighted by Crippen LogP contribution is -2.35. The number of hydrogen-bond donors (Lipinski definition) is 1. The molecule has 1 amide bonds. The Balaban J connectivity index is 1.10. The summed E-state index contributed by atoms with van der Waals surface area (Å²) in [7, 11) is 0. The molecule has 2 aliphatic carbocycles. The lowest BCUT2D eigenvalue weighted by molar-refractivity contribution is -0.145. The van der Waals surface area contributed by atoms with E-state index < -0.39 is 0 Å². The first-order valence-electron chi connectivity index (χ1n) is 11.1. The van der Waals surface area contributed by atoms with Crippen LogP contribution in [0.2, 0.25) is 0 Å². The van der Waals surface area contributed by atoms with Crippen LogP contribution in [0.15, 0.2) is 78.9 Å². The summed E-state index contributed by atoms with van der Waals surface area (Å²) in [6.07, 6.45) is 1.79. The number of esters is 1. The molecule has 5 atom stereocenters. The Morgan fingerprint density at radius 3 is 2.22 bits per heavy atom. The van der Waals surface area contributed by atoms with E-state index in [1.807, 2.05) is 66.7 Å². The Labute approximate surface area is 186 Å². The van der Waals surface area contributed by atoms with Gasteiger partial charge in [0.2, 0.25) is 5.91 Å². The average molecular weight is 425 g/mol. The standard InChI is InChI=1S/C27H23NO4/c29-26(24-18-14-22-23(15-18)32-27(30)25(22)24)28-19-8-12-21(13-9-19)31-20-10-6-17(7-11-20)16-4-2-1-3-5-16/h1-13,18,22-25H,14-15H2,(H,28,29)/t18-,22+,23+,24-,25-/m1/s1. The van der Waals surface area contributed by atoms with Gasteiger partial charge in [-0.25, -0.2) is 0 Å². The van der Waals surface area contributed by atoms with Gasteiger partial charge >= 0.3 is 5.97 Å². The molecule has 1 aliphatic heterocycles. The summed E-state index contributed by atoms with van der Waals surface area (Å²) in [5, 5.41) is 2.99. The Morgan fingerprint density at radius 1 is 0.844 bits per heavy atom. The van der Waals surface area contributed by atoms with Gasteiger partial charge in [-0.1, -0.05) is 42.5 Å². The third-order valence-electron chi connectivity index (χ3n) is 7.10. The van der Waals surface area contributed by atoms with E-state index in [9.17, 15) is 9.59 Å². The molecule has 6 rings (SSSR count). The number of amides is 1. The second-order valence-corrected chi connectivity index (χ2v) is 8.93. The van der Waals surface area contributed by atoms with Crippen molar-refractivity contribution in [2.75, 3.05) is 5.32 Å². The van der Waals surface area contributed by atoms with Gasteiger partial charge in [-0.3, -0.25) is 9.59 Å². The van der Waals surface area contributed by atoms with Crippen LogP contribution < -0.4 is 10.1 Å². The fourth-order valence-electron chi connectivity index (χ4n) is 5.68. The van der Waals surface area contributed by atoms with Gasteiger partial charge in [0.25, 0.3) is 0 Å². The molecule has 0 unspecified atom stereocenters. The number of rotatable bonds is 5. The Morgan fingerprint density at radius 2 is 1.50 bits per heavy atom. The van der Waals surface area contributed by atoms with Crippen molar-refractivity contribution >= 4 is 17.6 Å². The Kier molecular flexibility index (Phi) is 4.49. The predicted octanol–water partition coefficient (Wildman–Crippen LogP) is 5.28. The molecule has 32 heavy (non-hydrogen) atoms. The molecule has 3 aromatic rings. The van der Waals surface area contributed by atoms with E-state index in [0.29, 0.717) is 11.4 Å². The lowest BCUT2D eigenvalue weighted by Gasteiger charge is -2.23. The summed E-state index contributed by atoms with van der Waals surface area (Å²) >= 11 is 0. The summed E-state index contributed by atoms with van der Waals surface area (Å²) in [6.45, 7) is 0. The van der Waals surface area contributed by atoms with Crippen LogP contribution in [-0.2, 0) is 14.3 Å². The number of benzene rings is 3. The molecule has 5 nitrogen and oxygen atoms in total. The van der Waals surface area contributed by atoms with Crippen LogP contribution in [-0.4, -0.2) is 18.0 Å². The van der Waals surface area contributed by atoms with Crippen molar-refractivity contribution in [3.63, 3.8) is 0 Å². The Hall–Kier alpha value is -3.60. The van der Waals surface area contributed by atoms with Crippen molar-refractivity contribution in [3.8, 4) is 22.6 Å². The first-order valence-corrected chi connectivity index (χ1v) is 11.1. The monoisotopic (exact) mass is 425 g/mol. The molecule has 3 aliphatic rings. The van der Waals surface area contributed by atoms with E-state index in [-0.39, 0.29) is 41.7 Å². The summed E-state index contributed by atoms with van der Waals surface area (Å²) < 4.78 is 11.4. The minimum absolute atomic E-state index is 0.0414. The van der Waals surface area contributed by atoms with Crippen LogP contribution in [0, 0.1) is 23.7 Å². The van der Waals surface area contributed by atoms with Crippen LogP contribution in [0.25, 0.3) is 11.1 Å². The topological polar surface area (TPSA) is 64.6 Å². The second kappa shape index (κ2) is 7.52. The first kappa shape index (κ1) is 19.1. The molecular weight excluding hydrogens is 402 g/mol. The Bertz CT molecular complexity index is 1150. The normalized spacial score (nSPS) is 27.2. The van der Waals surface area contributed by atoms with E-state index in [4.69, 9.17) is 9.47 Å². The van der Waals surface area contributed by atoms with E-state index in [2.05, 4.69) is 17.4 Å².